The van der Waals surface area contributed by atoms with Crippen LogP contribution in [0.4, 0.5) is 0 Å². The van der Waals surface area contributed by atoms with Crippen LogP contribution in [0.15, 0.2) is 18.2 Å². The van der Waals surface area contributed by atoms with E-state index in [1.807, 2.05) is 26.0 Å². The summed E-state index contributed by atoms with van der Waals surface area (Å²) >= 11 is 0. The number of carbonyl (C=O) groups is 2. The molecule has 0 saturated heterocycles. The van der Waals surface area contributed by atoms with Crippen molar-refractivity contribution in [1.82, 2.24) is 4.90 Å². The van der Waals surface area contributed by atoms with Crippen molar-refractivity contribution in [3.63, 3.8) is 0 Å². The summed E-state index contributed by atoms with van der Waals surface area (Å²) in [5.41, 5.74) is 2.75. The highest BCUT2D eigenvalue weighted by atomic mass is 16.5. The molecule has 1 N–H and O–H groups in total. The molecule has 0 fully saturated rings. The number of hydrogen-bond donors (Lipinski definition) is 1. The molecule has 0 spiro atoms. The number of nitrogens with zero attached hydrogens (tertiary/aromatic N) is 1. The number of carbonyl (C=O) groups excluding carboxylic acids is 2. The molecule has 0 saturated carbocycles. The molecule has 0 aliphatic heterocycles. The summed E-state index contributed by atoms with van der Waals surface area (Å²) in [6.45, 7) is 7.11. The third-order valence-corrected chi connectivity index (χ3v) is 3.67. The summed E-state index contributed by atoms with van der Waals surface area (Å²) in [7, 11) is 0. The van der Waals surface area contributed by atoms with Gasteiger partial charge in [0.25, 0.3) is 5.91 Å². The van der Waals surface area contributed by atoms with E-state index in [2.05, 4.69) is 0 Å². The van der Waals surface area contributed by atoms with Crippen LogP contribution in [0.3, 0.4) is 0 Å². The van der Waals surface area contributed by atoms with E-state index >= 15 is 0 Å². The standard InChI is InChI=1S/C18H27NO5/c1-4-24-17(21)7-8-19(9-11-23-12-10-20)18(22)16-6-5-14(2)15(3)13-16/h5-6,13,20H,4,7-12H2,1-3H3. The third kappa shape index (κ3) is 6.68. The molecule has 1 amide bonds. The second kappa shape index (κ2) is 10.8. The molecule has 0 radical (unpaired) electrons. The van der Waals surface area contributed by atoms with E-state index in [4.69, 9.17) is 14.6 Å². The van der Waals surface area contributed by atoms with Gasteiger partial charge in [-0.25, -0.2) is 0 Å². The largest absolute Gasteiger partial charge is 0.466 e. The molecule has 134 valence electrons. The molecule has 1 aromatic rings. The number of benzene rings is 1. The zero-order chi connectivity index (χ0) is 17.9. The average Bonchev–Trinajstić information content (AvgIpc) is 2.56. The minimum Gasteiger partial charge on any atom is -0.466 e. The van der Waals surface area contributed by atoms with Gasteiger partial charge in [0, 0.05) is 18.7 Å². The highest BCUT2D eigenvalue weighted by Crippen LogP contribution is 2.12. The Morgan fingerprint density at radius 2 is 1.88 bits per heavy atom. The fourth-order valence-corrected chi connectivity index (χ4v) is 2.17. The Bertz CT molecular complexity index is 544. The van der Waals surface area contributed by atoms with E-state index in [1.165, 1.54) is 0 Å². The SMILES string of the molecule is CCOC(=O)CCN(CCOCCO)C(=O)c1ccc(C)c(C)c1. The van der Waals surface area contributed by atoms with Gasteiger partial charge in [0.05, 0.1) is 32.8 Å². The van der Waals surface area contributed by atoms with Crippen molar-refractivity contribution >= 4 is 11.9 Å². The van der Waals surface area contributed by atoms with Gasteiger partial charge < -0.3 is 19.5 Å². The van der Waals surface area contributed by atoms with E-state index in [0.29, 0.717) is 25.3 Å². The lowest BCUT2D eigenvalue weighted by Gasteiger charge is -2.23. The first-order chi connectivity index (χ1) is 11.5. The molecule has 0 aliphatic rings. The van der Waals surface area contributed by atoms with E-state index in [1.54, 1.807) is 17.9 Å². The van der Waals surface area contributed by atoms with Gasteiger partial charge in [-0.05, 0) is 44.0 Å². The summed E-state index contributed by atoms with van der Waals surface area (Å²) in [6, 6.07) is 5.55. The lowest BCUT2D eigenvalue weighted by Crippen LogP contribution is -2.36. The number of aryl methyl sites for hydroxylation is 2. The Morgan fingerprint density at radius 3 is 2.50 bits per heavy atom. The molecule has 0 aromatic heterocycles. The number of ether oxygens (including phenoxy) is 2. The molecule has 0 aliphatic carbocycles. The smallest absolute Gasteiger partial charge is 0.307 e. The van der Waals surface area contributed by atoms with Crippen molar-refractivity contribution in [2.24, 2.45) is 0 Å². The maximum absolute atomic E-state index is 12.7. The molecule has 0 atom stereocenters. The van der Waals surface area contributed by atoms with Crippen molar-refractivity contribution in [3.05, 3.63) is 34.9 Å². The van der Waals surface area contributed by atoms with E-state index in [9.17, 15) is 9.59 Å². The highest BCUT2D eigenvalue weighted by molar-refractivity contribution is 5.94. The molecular formula is C18H27NO5. The fraction of sp³-hybridized carbons (Fsp3) is 0.556. The lowest BCUT2D eigenvalue weighted by molar-refractivity contribution is -0.143. The highest BCUT2D eigenvalue weighted by Gasteiger charge is 2.17. The Balaban J connectivity index is 2.75. The van der Waals surface area contributed by atoms with Gasteiger partial charge in [-0.1, -0.05) is 6.07 Å². The first kappa shape index (κ1) is 20.1. The number of amides is 1. The predicted octanol–water partition coefficient (Wildman–Crippen LogP) is 1.71. The first-order valence-electron chi connectivity index (χ1n) is 8.20. The number of hydrogen-bond acceptors (Lipinski definition) is 5. The second-order valence-electron chi connectivity index (χ2n) is 5.48. The summed E-state index contributed by atoms with van der Waals surface area (Å²) in [5.74, 6) is -0.471. The third-order valence-electron chi connectivity index (χ3n) is 3.67. The molecule has 0 heterocycles. The summed E-state index contributed by atoms with van der Waals surface area (Å²) in [5, 5.41) is 8.74. The van der Waals surface area contributed by atoms with Gasteiger partial charge in [0.15, 0.2) is 0 Å². The zero-order valence-electron chi connectivity index (χ0n) is 14.7. The van der Waals surface area contributed by atoms with Crippen LogP contribution >= 0.6 is 0 Å². The van der Waals surface area contributed by atoms with Crippen molar-refractivity contribution < 1.29 is 24.2 Å². The molecule has 1 rings (SSSR count). The van der Waals surface area contributed by atoms with Crippen LogP contribution in [-0.2, 0) is 14.3 Å². The van der Waals surface area contributed by atoms with E-state index < -0.39 is 0 Å². The number of aliphatic hydroxyl groups is 1. The summed E-state index contributed by atoms with van der Waals surface area (Å²) in [4.78, 5) is 25.9. The topological polar surface area (TPSA) is 76.1 Å². The Kier molecular flexibility index (Phi) is 9.04. The maximum Gasteiger partial charge on any atom is 0.307 e. The minimum absolute atomic E-state index is 0.0616. The molecule has 0 unspecified atom stereocenters. The van der Waals surface area contributed by atoms with Gasteiger partial charge in [0.1, 0.15) is 0 Å². The van der Waals surface area contributed by atoms with E-state index in [0.717, 1.165) is 11.1 Å². The van der Waals surface area contributed by atoms with Gasteiger partial charge in [-0.2, -0.15) is 0 Å². The van der Waals surface area contributed by atoms with Crippen molar-refractivity contribution in [2.75, 3.05) is 39.5 Å². The molecule has 6 nitrogen and oxygen atoms in total. The average molecular weight is 337 g/mol. The number of esters is 1. The van der Waals surface area contributed by atoms with Gasteiger partial charge in [-0.15, -0.1) is 0 Å². The van der Waals surface area contributed by atoms with Crippen molar-refractivity contribution in [2.45, 2.75) is 27.2 Å². The minimum atomic E-state index is -0.327. The summed E-state index contributed by atoms with van der Waals surface area (Å²) in [6.07, 6.45) is 0.143. The van der Waals surface area contributed by atoms with Gasteiger partial charge in [0.2, 0.25) is 0 Å². The van der Waals surface area contributed by atoms with Crippen molar-refractivity contribution in [3.8, 4) is 0 Å². The number of aliphatic hydroxyl groups excluding tert-OH is 1. The predicted molar refractivity (Wildman–Crippen MR) is 91.0 cm³/mol. The van der Waals surface area contributed by atoms with E-state index in [-0.39, 0.29) is 38.1 Å². The zero-order valence-corrected chi connectivity index (χ0v) is 14.7. The Hall–Kier alpha value is -1.92. The normalized spacial score (nSPS) is 10.5. The Morgan fingerprint density at radius 1 is 1.12 bits per heavy atom. The summed E-state index contributed by atoms with van der Waals surface area (Å²) < 4.78 is 10.2. The van der Waals surface area contributed by atoms with Crippen LogP contribution < -0.4 is 0 Å². The molecule has 0 bridgehead atoms. The Labute approximate surface area is 143 Å². The van der Waals surface area contributed by atoms with Crippen LogP contribution in [-0.4, -0.2) is 61.4 Å². The van der Waals surface area contributed by atoms with Gasteiger partial charge >= 0.3 is 5.97 Å². The van der Waals surface area contributed by atoms with Crippen LogP contribution in [0.2, 0.25) is 0 Å². The lowest BCUT2D eigenvalue weighted by atomic mass is 10.1. The van der Waals surface area contributed by atoms with Gasteiger partial charge in [-0.3, -0.25) is 9.59 Å². The number of rotatable bonds is 10. The molecule has 1 aromatic carbocycles. The molecular weight excluding hydrogens is 310 g/mol. The van der Waals surface area contributed by atoms with Crippen molar-refractivity contribution in [1.29, 1.82) is 0 Å². The quantitative estimate of drug-likeness (QED) is 0.519. The molecule has 6 heteroatoms. The fourth-order valence-electron chi connectivity index (χ4n) is 2.17. The van der Waals surface area contributed by atoms with Crippen LogP contribution in [0.1, 0.15) is 34.8 Å². The second-order valence-corrected chi connectivity index (χ2v) is 5.48. The maximum atomic E-state index is 12.7. The van der Waals surface area contributed by atoms with Crippen LogP contribution in [0.25, 0.3) is 0 Å². The first-order valence-corrected chi connectivity index (χ1v) is 8.20. The molecule has 24 heavy (non-hydrogen) atoms. The monoisotopic (exact) mass is 337 g/mol. The van der Waals surface area contributed by atoms with Crippen LogP contribution in [0.5, 0.6) is 0 Å². The van der Waals surface area contributed by atoms with Crippen LogP contribution in [0, 0.1) is 13.8 Å².